The molecule has 0 aromatic heterocycles. The molecule has 3 rings (SSSR count). The second-order valence-corrected chi connectivity index (χ2v) is 11.2. The topological polar surface area (TPSA) is 60.9 Å². The summed E-state index contributed by atoms with van der Waals surface area (Å²) in [5.74, 6) is 0.417. The number of amides is 1. The van der Waals surface area contributed by atoms with Crippen LogP contribution in [0.3, 0.4) is 0 Å². The van der Waals surface area contributed by atoms with E-state index in [9.17, 15) is 13.2 Å². The predicted molar refractivity (Wildman–Crippen MR) is 129 cm³/mol. The number of nitrogens with zero attached hydrogens (tertiary/aromatic N) is 3. The lowest BCUT2D eigenvalue weighted by Crippen LogP contribution is -2.48. The normalized spacial score (nSPS) is 15.1. The summed E-state index contributed by atoms with van der Waals surface area (Å²) in [6.07, 6.45) is 0. The Morgan fingerprint density at radius 1 is 0.844 bits per heavy atom. The van der Waals surface area contributed by atoms with E-state index in [2.05, 4.69) is 17.0 Å². The molecule has 0 bridgehead atoms. The van der Waals surface area contributed by atoms with Crippen molar-refractivity contribution in [3.05, 3.63) is 60.2 Å². The van der Waals surface area contributed by atoms with Gasteiger partial charge < -0.3 is 9.80 Å². The quantitative estimate of drug-likeness (QED) is 0.602. The zero-order chi connectivity index (χ0) is 23.3. The highest BCUT2D eigenvalue weighted by Gasteiger charge is 2.27. The van der Waals surface area contributed by atoms with E-state index < -0.39 is 10.0 Å². The smallest absolute Gasteiger partial charge is 0.253 e. The van der Waals surface area contributed by atoms with Crippen molar-refractivity contribution in [3.63, 3.8) is 0 Å². The van der Waals surface area contributed by atoms with Crippen LogP contribution in [0.2, 0.25) is 0 Å². The Morgan fingerprint density at radius 3 is 1.88 bits per heavy atom. The highest BCUT2D eigenvalue weighted by atomic mass is 32.2. The molecule has 2 aromatic carbocycles. The number of sulfonamides is 1. The molecule has 1 aliphatic heterocycles. The molecule has 6 nitrogen and oxygen atoms in total. The van der Waals surface area contributed by atoms with Crippen molar-refractivity contribution in [1.29, 1.82) is 0 Å². The van der Waals surface area contributed by atoms with Crippen LogP contribution in [0.1, 0.15) is 38.1 Å². The fourth-order valence-corrected chi connectivity index (χ4v) is 5.76. The van der Waals surface area contributed by atoms with E-state index in [1.165, 1.54) is 5.69 Å². The molecule has 2 aromatic rings. The number of carbonyl (C=O) groups excluding carboxylic acids is 1. The lowest BCUT2D eigenvalue weighted by molar-refractivity contribution is 0.0746. The van der Waals surface area contributed by atoms with Gasteiger partial charge in [-0.2, -0.15) is 4.31 Å². The average Bonchev–Trinajstić information content (AvgIpc) is 2.78. The molecule has 0 spiro atoms. The zero-order valence-electron chi connectivity index (χ0n) is 19.6. The minimum absolute atomic E-state index is 0.0529. The number of rotatable bonds is 8. The van der Waals surface area contributed by atoms with Crippen molar-refractivity contribution in [1.82, 2.24) is 9.21 Å². The van der Waals surface area contributed by atoms with Crippen LogP contribution in [0.25, 0.3) is 0 Å². The van der Waals surface area contributed by atoms with E-state index in [4.69, 9.17) is 0 Å². The minimum atomic E-state index is -3.59. The number of carbonyl (C=O) groups is 1. The van der Waals surface area contributed by atoms with Crippen molar-refractivity contribution in [2.24, 2.45) is 11.8 Å². The summed E-state index contributed by atoms with van der Waals surface area (Å²) in [5.41, 5.74) is 1.69. The van der Waals surface area contributed by atoms with Gasteiger partial charge in [-0.25, -0.2) is 8.42 Å². The third-order valence-corrected chi connectivity index (χ3v) is 7.41. The Bertz CT molecular complexity index is 971. The molecule has 1 saturated heterocycles. The van der Waals surface area contributed by atoms with Crippen LogP contribution in [0.4, 0.5) is 5.69 Å². The monoisotopic (exact) mass is 457 g/mol. The molecular weight excluding hydrogens is 422 g/mol. The van der Waals surface area contributed by atoms with E-state index in [1.807, 2.05) is 50.8 Å². The van der Waals surface area contributed by atoms with Gasteiger partial charge in [-0.05, 0) is 48.2 Å². The van der Waals surface area contributed by atoms with Crippen molar-refractivity contribution >= 4 is 21.6 Å². The van der Waals surface area contributed by atoms with Gasteiger partial charge in [0.2, 0.25) is 10.0 Å². The third-order valence-electron chi connectivity index (χ3n) is 5.56. The number of hydrogen-bond acceptors (Lipinski definition) is 4. The molecule has 1 amide bonds. The van der Waals surface area contributed by atoms with E-state index in [1.54, 1.807) is 28.6 Å². The summed E-state index contributed by atoms with van der Waals surface area (Å²) in [4.78, 5) is 17.3. The number of hydrogen-bond donors (Lipinski definition) is 0. The zero-order valence-corrected chi connectivity index (χ0v) is 20.4. The van der Waals surface area contributed by atoms with Gasteiger partial charge in [0.25, 0.3) is 5.91 Å². The van der Waals surface area contributed by atoms with Gasteiger partial charge in [0.15, 0.2) is 0 Å². The van der Waals surface area contributed by atoms with Crippen LogP contribution >= 0.6 is 0 Å². The lowest BCUT2D eigenvalue weighted by atomic mass is 10.1. The Balaban J connectivity index is 1.67. The van der Waals surface area contributed by atoms with Crippen LogP contribution in [0.15, 0.2) is 59.5 Å². The second kappa shape index (κ2) is 10.5. The van der Waals surface area contributed by atoms with Gasteiger partial charge in [0.05, 0.1) is 4.90 Å². The number of piperazine rings is 1. The first-order chi connectivity index (χ1) is 15.2. The molecule has 0 N–H and O–H groups in total. The molecule has 0 aliphatic carbocycles. The van der Waals surface area contributed by atoms with Crippen LogP contribution in [-0.2, 0) is 10.0 Å². The maximum atomic E-state index is 13.2. The van der Waals surface area contributed by atoms with Crippen molar-refractivity contribution in [2.45, 2.75) is 32.6 Å². The fourth-order valence-electron chi connectivity index (χ4n) is 3.99. The Hall–Kier alpha value is -2.38. The predicted octanol–water partition coefficient (Wildman–Crippen LogP) is 3.95. The molecule has 174 valence electrons. The average molecular weight is 458 g/mol. The first kappa shape index (κ1) is 24.3. The summed E-state index contributed by atoms with van der Waals surface area (Å²) < 4.78 is 27.9. The molecule has 32 heavy (non-hydrogen) atoms. The maximum absolute atomic E-state index is 13.2. The van der Waals surface area contributed by atoms with Gasteiger partial charge in [0.1, 0.15) is 0 Å². The van der Waals surface area contributed by atoms with E-state index in [-0.39, 0.29) is 22.6 Å². The molecule has 0 unspecified atom stereocenters. The fraction of sp³-hybridized carbons (Fsp3) is 0.480. The molecular formula is C25H35N3O3S. The molecule has 1 aliphatic rings. The van der Waals surface area contributed by atoms with Gasteiger partial charge >= 0.3 is 0 Å². The first-order valence-electron chi connectivity index (χ1n) is 11.4. The molecule has 0 radical (unpaired) electrons. The van der Waals surface area contributed by atoms with Gasteiger partial charge in [-0.15, -0.1) is 0 Å². The van der Waals surface area contributed by atoms with E-state index in [0.29, 0.717) is 31.7 Å². The second-order valence-electron chi connectivity index (χ2n) is 9.25. The van der Waals surface area contributed by atoms with Crippen LogP contribution in [0, 0.1) is 11.8 Å². The lowest BCUT2D eigenvalue weighted by Gasteiger charge is -2.36. The molecule has 0 saturated carbocycles. The summed E-state index contributed by atoms with van der Waals surface area (Å²) >= 11 is 0. The summed E-state index contributed by atoms with van der Waals surface area (Å²) in [6.45, 7) is 11.9. The van der Waals surface area contributed by atoms with Crippen molar-refractivity contribution in [2.75, 3.05) is 44.2 Å². The standard InChI is InChI=1S/C25H35N3O3S/c1-20(2)18-28(19-21(3)4)32(30,31)24-12-10-22(11-13-24)25(29)27-16-14-26(15-17-27)23-8-6-5-7-9-23/h5-13,20-21H,14-19H2,1-4H3. The number of anilines is 1. The van der Waals surface area contributed by atoms with Crippen molar-refractivity contribution in [3.8, 4) is 0 Å². The SMILES string of the molecule is CC(C)CN(CC(C)C)S(=O)(=O)c1ccc(C(=O)N2CCN(c3ccccc3)CC2)cc1. The Kier molecular flexibility index (Phi) is 7.96. The first-order valence-corrected chi connectivity index (χ1v) is 12.8. The summed E-state index contributed by atoms with van der Waals surface area (Å²) in [7, 11) is -3.59. The van der Waals surface area contributed by atoms with Crippen LogP contribution in [-0.4, -0.2) is 62.8 Å². The van der Waals surface area contributed by atoms with Crippen LogP contribution in [0.5, 0.6) is 0 Å². The largest absolute Gasteiger partial charge is 0.368 e. The van der Waals surface area contributed by atoms with Crippen LogP contribution < -0.4 is 4.90 Å². The summed E-state index contributed by atoms with van der Waals surface area (Å²) in [6, 6.07) is 16.6. The Labute approximate surface area is 192 Å². The summed E-state index contributed by atoms with van der Waals surface area (Å²) in [5, 5.41) is 0. The molecule has 0 atom stereocenters. The van der Waals surface area contributed by atoms with Gasteiger partial charge in [-0.1, -0.05) is 45.9 Å². The van der Waals surface area contributed by atoms with Crippen molar-refractivity contribution < 1.29 is 13.2 Å². The minimum Gasteiger partial charge on any atom is -0.368 e. The maximum Gasteiger partial charge on any atom is 0.253 e. The molecule has 7 heteroatoms. The third kappa shape index (κ3) is 5.90. The molecule has 1 heterocycles. The van der Waals surface area contributed by atoms with E-state index >= 15 is 0 Å². The Morgan fingerprint density at radius 2 is 1.38 bits per heavy atom. The van der Waals surface area contributed by atoms with Gasteiger partial charge in [0, 0.05) is 50.5 Å². The number of benzene rings is 2. The highest BCUT2D eigenvalue weighted by molar-refractivity contribution is 7.89. The number of para-hydroxylation sites is 1. The van der Waals surface area contributed by atoms with Gasteiger partial charge in [-0.3, -0.25) is 4.79 Å². The highest BCUT2D eigenvalue weighted by Crippen LogP contribution is 2.21. The molecule has 1 fully saturated rings. The van der Waals surface area contributed by atoms with E-state index in [0.717, 1.165) is 13.1 Å².